The van der Waals surface area contributed by atoms with Gasteiger partial charge >= 0.3 is 5.69 Å². The van der Waals surface area contributed by atoms with Gasteiger partial charge in [0.05, 0.1) is 0 Å². The van der Waals surface area contributed by atoms with Crippen molar-refractivity contribution in [1.82, 2.24) is 14.5 Å². The molecule has 1 aliphatic rings. The van der Waals surface area contributed by atoms with Crippen LogP contribution in [0.3, 0.4) is 0 Å². The molecule has 0 bridgehead atoms. The summed E-state index contributed by atoms with van der Waals surface area (Å²) in [6.45, 7) is 5.11. The third-order valence-corrected chi connectivity index (χ3v) is 4.28. The maximum absolute atomic E-state index is 12.1. The van der Waals surface area contributed by atoms with Crippen LogP contribution in [0.4, 0.5) is 0 Å². The zero-order chi connectivity index (χ0) is 14.9. The van der Waals surface area contributed by atoms with E-state index in [9.17, 15) is 9.59 Å². The van der Waals surface area contributed by atoms with Gasteiger partial charge in [0.2, 0.25) is 0 Å². The fourth-order valence-electron chi connectivity index (χ4n) is 3.37. The SMILES string of the molecule is CC1CC(C)CC(NCc2cn(C)c(=O)n(C)c2=O)C1. The van der Waals surface area contributed by atoms with E-state index >= 15 is 0 Å². The van der Waals surface area contributed by atoms with E-state index < -0.39 is 0 Å². The van der Waals surface area contributed by atoms with Gasteiger partial charge in [0.25, 0.3) is 5.56 Å². The highest BCUT2D eigenvalue weighted by Gasteiger charge is 2.23. The molecule has 5 nitrogen and oxygen atoms in total. The lowest BCUT2D eigenvalue weighted by Crippen LogP contribution is -2.41. The molecule has 0 aliphatic heterocycles. The van der Waals surface area contributed by atoms with Gasteiger partial charge in [0, 0.05) is 38.4 Å². The van der Waals surface area contributed by atoms with Crippen molar-refractivity contribution in [3.05, 3.63) is 32.6 Å². The molecular formula is C15H25N3O2. The van der Waals surface area contributed by atoms with Gasteiger partial charge in [-0.15, -0.1) is 0 Å². The van der Waals surface area contributed by atoms with Gasteiger partial charge in [0.15, 0.2) is 0 Å². The number of hydrogen-bond acceptors (Lipinski definition) is 3. The van der Waals surface area contributed by atoms with Crippen LogP contribution in [0.2, 0.25) is 0 Å². The summed E-state index contributed by atoms with van der Waals surface area (Å²) in [6, 6.07) is 0.468. The van der Waals surface area contributed by atoms with Crippen LogP contribution in [0.25, 0.3) is 0 Å². The molecule has 5 heteroatoms. The van der Waals surface area contributed by atoms with Crippen LogP contribution in [0.15, 0.2) is 15.8 Å². The minimum Gasteiger partial charge on any atom is -0.310 e. The van der Waals surface area contributed by atoms with Crippen LogP contribution >= 0.6 is 0 Å². The zero-order valence-corrected chi connectivity index (χ0v) is 12.8. The lowest BCUT2D eigenvalue weighted by atomic mass is 9.80. The lowest BCUT2D eigenvalue weighted by Gasteiger charge is -2.32. The first-order valence-corrected chi connectivity index (χ1v) is 7.37. The summed E-state index contributed by atoms with van der Waals surface area (Å²) in [5, 5.41) is 3.48. The summed E-state index contributed by atoms with van der Waals surface area (Å²) in [7, 11) is 3.20. The molecule has 2 atom stereocenters. The predicted octanol–water partition coefficient (Wildman–Crippen LogP) is 0.998. The summed E-state index contributed by atoms with van der Waals surface area (Å²) >= 11 is 0. The van der Waals surface area contributed by atoms with E-state index in [4.69, 9.17) is 0 Å². The van der Waals surface area contributed by atoms with Gasteiger partial charge in [-0.3, -0.25) is 9.36 Å². The van der Waals surface area contributed by atoms with Crippen molar-refractivity contribution in [2.75, 3.05) is 0 Å². The molecular weight excluding hydrogens is 254 g/mol. The third kappa shape index (κ3) is 3.20. The normalized spacial score (nSPS) is 26.7. The van der Waals surface area contributed by atoms with Gasteiger partial charge in [0.1, 0.15) is 0 Å². The topological polar surface area (TPSA) is 56.0 Å². The highest BCUT2D eigenvalue weighted by molar-refractivity contribution is 5.05. The number of hydrogen-bond donors (Lipinski definition) is 1. The smallest absolute Gasteiger partial charge is 0.310 e. The summed E-state index contributed by atoms with van der Waals surface area (Å²) in [5.41, 5.74) is 0.177. The molecule has 0 aromatic carbocycles. The second-order valence-corrected chi connectivity index (χ2v) is 6.41. The average Bonchev–Trinajstić information content (AvgIpc) is 2.38. The quantitative estimate of drug-likeness (QED) is 0.898. The molecule has 1 heterocycles. The first kappa shape index (κ1) is 15.0. The van der Waals surface area contributed by atoms with Crippen molar-refractivity contribution >= 4 is 0 Å². The lowest BCUT2D eigenvalue weighted by molar-refractivity contribution is 0.238. The van der Waals surface area contributed by atoms with Crippen molar-refractivity contribution in [2.45, 2.75) is 45.7 Å². The molecule has 0 radical (unpaired) electrons. The van der Waals surface area contributed by atoms with Gasteiger partial charge in [-0.1, -0.05) is 13.8 Å². The molecule has 0 spiro atoms. The molecule has 2 unspecified atom stereocenters. The maximum atomic E-state index is 12.1. The van der Waals surface area contributed by atoms with E-state index in [1.807, 2.05) is 0 Å². The molecule has 1 fully saturated rings. The van der Waals surface area contributed by atoms with Crippen LogP contribution < -0.4 is 16.6 Å². The van der Waals surface area contributed by atoms with Gasteiger partial charge in [-0.05, 0) is 31.1 Å². The van der Waals surface area contributed by atoms with Crippen molar-refractivity contribution in [3.8, 4) is 0 Å². The standard InChI is InChI=1S/C15H25N3O2/c1-10-5-11(2)7-13(6-10)16-8-12-9-17(3)15(20)18(4)14(12)19/h9-11,13,16H,5-8H2,1-4H3. The Bertz CT molecular complexity index is 578. The van der Waals surface area contributed by atoms with Gasteiger partial charge < -0.3 is 9.88 Å². The Morgan fingerprint density at radius 1 is 1.15 bits per heavy atom. The van der Waals surface area contributed by atoms with Crippen LogP contribution in [0.1, 0.15) is 38.7 Å². The van der Waals surface area contributed by atoms with E-state index in [-0.39, 0.29) is 11.2 Å². The van der Waals surface area contributed by atoms with E-state index in [1.165, 1.54) is 22.6 Å². The molecule has 1 N–H and O–H groups in total. The van der Waals surface area contributed by atoms with Gasteiger partial charge in [-0.2, -0.15) is 0 Å². The first-order valence-electron chi connectivity index (χ1n) is 7.37. The molecule has 0 amide bonds. The fourth-order valence-corrected chi connectivity index (χ4v) is 3.37. The van der Waals surface area contributed by atoms with E-state index in [0.29, 0.717) is 18.2 Å². The van der Waals surface area contributed by atoms with Crippen LogP contribution in [0.5, 0.6) is 0 Å². The van der Waals surface area contributed by atoms with Crippen molar-refractivity contribution in [3.63, 3.8) is 0 Å². The zero-order valence-electron chi connectivity index (χ0n) is 12.8. The fraction of sp³-hybridized carbons (Fsp3) is 0.733. The Morgan fingerprint density at radius 2 is 1.75 bits per heavy atom. The maximum Gasteiger partial charge on any atom is 0.330 e. The van der Waals surface area contributed by atoms with Crippen molar-refractivity contribution in [2.24, 2.45) is 25.9 Å². The molecule has 1 saturated carbocycles. The van der Waals surface area contributed by atoms with Crippen molar-refractivity contribution in [1.29, 1.82) is 0 Å². The molecule has 20 heavy (non-hydrogen) atoms. The second kappa shape index (κ2) is 5.95. The van der Waals surface area contributed by atoms with Crippen LogP contribution in [0, 0.1) is 11.8 Å². The summed E-state index contributed by atoms with van der Waals surface area (Å²) in [6.07, 6.45) is 5.26. The Morgan fingerprint density at radius 3 is 2.35 bits per heavy atom. The minimum absolute atomic E-state index is 0.197. The molecule has 2 rings (SSSR count). The molecule has 1 aromatic heterocycles. The monoisotopic (exact) mass is 279 g/mol. The number of aromatic nitrogens is 2. The number of nitrogens with one attached hydrogen (secondary N) is 1. The number of rotatable bonds is 3. The largest absolute Gasteiger partial charge is 0.330 e. The van der Waals surface area contributed by atoms with E-state index in [0.717, 1.165) is 24.7 Å². The summed E-state index contributed by atoms with van der Waals surface area (Å²) in [5.74, 6) is 1.47. The highest BCUT2D eigenvalue weighted by atomic mass is 16.2. The highest BCUT2D eigenvalue weighted by Crippen LogP contribution is 2.28. The predicted molar refractivity (Wildman–Crippen MR) is 79.7 cm³/mol. The molecule has 112 valence electrons. The first-order chi connectivity index (χ1) is 9.38. The molecule has 1 aliphatic carbocycles. The minimum atomic E-state index is -0.279. The Hall–Kier alpha value is -1.36. The van der Waals surface area contributed by atoms with Gasteiger partial charge in [-0.25, -0.2) is 4.79 Å². The third-order valence-electron chi connectivity index (χ3n) is 4.28. The summed E-state index contributed by atoms with van der Waals surface area (Å²) < 4.78 is 2.63. The second-order valence-electron chi connectivity index (χ2n) is 6.41. The van der Waals surface area contributed by atoms with Crippen molar-refractivity contribution < 1.29 is 0 Å². The number of aryl methyl sites for hydroxylation is 1. The molecule has 1 aromatic rings. The van der Waals surface area contributed by atoms with Crippen LogP contribution in [-0.2, 0) is 20.6 Å². The van der Waals surface area contributed by atoms with E-state index in [1.54, 1.807) is 13.2 Å². The Balaban J connectivity index is 2.08. The average molecular weight is 279 g/mol. The summed E-state index contributed by atoms with van der Waals surface area (Å²) in [4.78, 5) is 23.7. The van der Waals surface area contributed by atoms with Crippen LogP contribution in [-0.4, -0.2) is 15.2 Å². The Kier molecular flexibility index (Phi) is 4.48. The Labute approximate surface area is 119 Å². The molecule has 0 saturated heterocycles. The van der Waals surface area contributed by atoms with E-state index in [2.05, 4.69) is 19.2 Å². The number of nitrogens with zero attached hydrogens (tertiary/aromatic N) is 2.